The summed E-state index contributed by atoms with van der Waals surface area (Å²) < 4.78 is 23.8. The van der Waals surface area contributed by atoms with Crippen molar-refractivity contribution in [2.24, 2.45) is 5.41 Å². The van der Waals surface area contributed by atoms with Crippen LogP contribution >= 0.6 is 15.9 Å². The van der Waals surface area contributed by atoms with Gasteiger partial charge < -0.3 is 21.1 Å². The average molecular weight is 492 g/mol. The van der Waals surface area contributed by atoms with Crippen LogP contribution in [0.15, 0.2) is 28.7 Å². The first kappa shape index (κ1) is 24.9. The molecular weight excluding hydrogens is 466 g/mol. The lowest BCUT2D eigenvalue weighted by atomic mass is 9.86. The van der Waals surface area contributed by atoms with Gasteiger partial charge in [-0.15, -0.1) is 0 Å². The highest BCUT2D eigenvalue weighted by atomic mass is 79.9. The summed E-state index contributed by atoms with van der Waals surface area (Å²) in [4.78, 5) is 36.4. The van der Waals surface area contributed by atoms with Gasteiger partial charge in [-0.25, -0.2) is 18.0 Å². The lowest BCUT2D eigenvalue weighted by Gasteiger charge is -2.29. The van der Waals surface area contributed by atoms with Gasteiger partial charge in [-0.05, 0) is 36.1 Å². The van der Waals surface area contributed by atoms with Gasteiger partial charge in [0.15, 0.2) is 0 Å². The van der Waals surface area contributed by atoms with Crippen LogP contribution < -0.4 is 16.0 Å². The van der Waals surface area contributed by atoms with Gasteiger partial charge in [0, 0.05) is 16.4 Å². The van der Waals surface area contributed by atoms with Crippen LogP contribution in [0, 0.1) is 5.41 Å². The van der Waals surface area contributed by atoms with Crippen molar-refractivity contribution in [3.63, 3.8) is 0 Å². The van der Waals surface area contributed by atoms with E-state index >= 15 is 0 Å². The Morgan fingerprint density at radius 1 is 1.10 bits per heavy atom. The molecule has 0 spiro atoms. The molecule has 0 fully saturated rings. The van der Waals surface area contributed by atoms with E-state index in [1.54, 1.807) is 45.0 Å². The van der Waals surface area contributed by atoms with Crippen LogP contribution in [0.4, 0.5) is 10.5 Å². The predicted octanol–water partition coefficient (Wildman–Crippen LogP) is 1.99. The first-order chi connectivity index (χ1) is 13.2. The lowest BCUT2D eigenvalue weighted by molar-refractivity contribution is -0.145. The second-order valence-electron chi connectivity index (χ2n) is 7.72. The summed E-state index contributed by atoms with van der Waals surface area (Å²) in [6.45, 7) is 4.93. The summed E-state index contributed by atoms with van der Waals surface area (Å²) in [5.41, 5.74) is -0.325. The fourth-order valence-corrected chi connectivity index (χ4v) is 3.28. The van der Waals surface area contributed by atoms with Crippen molar-refractivity contribution >= 4 is 49.4 Å². The Balaban J connectivity index is 2.93. The van der Waals surface area contributed by atoms with Crippen molar-refractivity contribution in [2.45, 2.75) is 39.3 Å². The molecule has 1 rings (SSSR count). The Kier molecular flexibility index (Phi) is 8.64. The summed E-state index contributed by atoms with van der Waals surface area (Å²) in [6, 6.07) is 3.53. The lowest BCUT2D eigenvalue weighted by Crippen LogP contribution is -2.56. The fourth-order valence-electron chi connectivity index (χ4n) is 2.35. The molecule has 162 valence electrons. The van der Waals surface area contributed by atoms with E-state index in [0.717, 1.165) is 10.7 Å². The number of hydrogen-bond acceptors (Lipinski definition) is 5. The number of rotatable bonds is 8. The summed E-state index contributed by atoms with van der Waals surface area (Å²) >= 11 is 3.27. The number of carboxylic acid groups (broad SMARTS) is 1. The first-order valence-corrected chi connectivity index (χ1v) is 11.6. The van der Waals surface area contributed by atoms with Crippen LogP contribution in [-0.4, -0.2) is 55.5 Å². The molecule has 1 aromatic carbocycles. The minimum Gasteiger partial charge on any atom is -0.480 e. The largest absolute Gasteiger partial charge is 0.480 e. The van der Waals surface area contributed by atoms with Gasteiger partial charge in [-0.1, -0.05) is 36.7 Å². The minimum absolute atomic E-state index is 0.199. The van der Waals surface area contributed by atoms with Gasteiger partial charge in [0.25, 0.3) is 0 Å². The van der Waals surface area contributed by atoms with E-state index in [4.69, 9.17) is 0 Å². The first-order valence-electron chi connectivity index (χ1n) is 8.73. The number of benzene rings is 1. The number of carboxylic acids is 1. The van der Waals surface area contributed by atoms with E-state index in [2.05, 4.69) is 31.9 Å². The van der Waals surface area contributed by atoms with Gasteiger partial charge in [0.05, 0.1) is 5.75 Å². The summed E-state index contributed by atoms with van der Waals surface area (Å²) in [6.07, 6.45) is 0.813. The SMILES string of the molecule is CC(C)(C)C(NC(=O)C(CCS(C)(=O)=O)NC(=O)Nc1ccc(Br)cc1)C(=O)O. The second kappa shape index (κ2) is 10.1. The smallest absolute Gasteiger partial charge is 0.326 e. The zero-order valence-corrected chi connectivity index (χ0v) is 19.1. The minimum atomic E-state index is -3.40. The molecule has 2 unspecified atom stereocenters. The number of urea groups is 1. The van der Waals surface area contributed by atoms with Crippen LogP contribution in [0.25, 0.3) is 0 Å². The van der Waals surface area contributed by atoms with Crippen molar-refractivity contribution < 1.29 is 27.9 Å². The van der Waals surface area contributed by atoms with Crippen LogP contribution in [0.2, 0.25) is 0 Å². The Labute approximate surface area is 178 Å². The molecule has 29 heavy (non-hydrogen) atoms. The third-order valence-corrected chi connectivity index (χ3v) is 5.41. The van der Waals surface area contributed by atoms with Crippen molar-refractivity contribution in [3.8, 4) is 0 Å². The normalized spacial score (nSPS) is 13.8. The topological polar surface area (TPSA) is 142 Å². The van der Waals surface area contributed by atoms with Crippen molar-refractivity contribution in [1.29, 1.82) is 0 Å². The van der Waals surface area contributed by atoms with Gasteiger partial charge in [-0.3, -0.25) is 4.79 Å². The van der Waals surface area contributed by atoms with Crippen molar-refractivity contribution in [2.75, 3.05) is 17.3 Å². The maximum absolute atomic E-state index is 12.6. The molecule has 2 atom stereocenters. The average Bonchev–Trinajstić information content (AvgIpc) is 2.56. The second-order valence-corrected chi connectivity index (χ2v) is 10.9. The number of hydrogen-bond donors (Lipinski definition) is 4. The third kappa shape index (κ3) is 9.27. The highest BCUT2D eigenvalue weighted by Crippen LogP contribution is 2.20. The molecule has 0 aliphatic heterocycles. The summed E-state index contributed by atoms with van der Waals surface area (Å²) in [5, 5.41) is 16.7. The van der Waals surface area contributed by atoms with Gasteiger partial charge >= 0.3 is 12.0 Å². The maximum atomic E-state index is 12.6. The number of aliphatic carboxylic acids is 1. The molecule has 3 amide bonds. The molecule has 0 saturated heterocycles. The molecule has 0 aliphatic carbocycles. The Hall–Kier alpha value is -2.14. The Bertz CT molecular complexity index is 849. The summed E-state index contributed by atoms with van der Waals surface area (Å²) in [7, 11) is -3.40. The van der Waals surface area contributed by atoms with E-state index in [9.17, 15) is 27.9 Å². The van der Waals surface area contributed by atoms with Crippen molar-refractivity contribution in [3.05, 3.63) is 28.7 Å². The van der Waals surface area contributed by atoms with Gasteiger partial charge in [-0.2, -0.15) is 0 Å². The van der Waals surface area contributed by atoms with Gasteiger partial charge in [0.2, 0.25) is 5.91 Å². The van der Waals surface area contributed by atoms with Crippen LogP contribution in [0.5, 0.6) is 0 Å². The van der Waals surface area contributed by atoms with E-state index in [1.165, 1.54) is 0 Å². The third-order valence-electron chi connectivity index (χ3n) is 3.90. The van der Waals surface area contributed by atoms with E-state index < -0.39 is 45.2 Å². The number of anilines is 1. The monoisotopic (exact) mass is 491 g/mol. The van der Waals surface area contributed by atoms with Crippen LogP contribution in [-0.2, 0) is 19.4 Å². The van der Waals surface area contributed by atoms with E-state index in [-0.39, 0.29) is 12.2 Å². The molecule has 0 radical (unpaired) electrons. The number of halogens is 1. The van der Waals surface area contributed by atoms with Crippen LogP contribution in [0.1, 0.15) is 27.2 Å². The summed E-state index contributed by atoms with van der Waals surface area (Å²) in [5.74, 6) is -2.36. The fraction of sp³-hybridized carbons (Fsp3) is 0.500. The zero-order chi connectivity index (χ0) is 22.4. The molecular formula is C18H26BrN3O6S. The number of carbonyl (C=O) groups is 3. The zero-order valence-electron chi connectivity index (χ0n) is 16.7. The molecule has 1 aromatic rings. The highest BCUT2D eigenvalue weighted by Gasteiger charge is 2.35. The molecule has 4 N–H and O–H groups in total. The molecule has 11 heteroatoms. The van der Waals surface area contributed by atoms with Crippen molar-refractivity contribution in [1.82, 2.24) is 10.6 Å². The quantitative estimate of drug-likeness (QED) is 0.437. The van der Waals surface area contributed by atoms with E-state index in [0.29, 0.717) is 5.69 Å². The maximum Gasteiger partial charge on any atom is 0.326 e. The standard InChI is InChI=1S/C18H26BrN3O6S/c1-18(2,3)14(16(24)25)22-15(23)13(9-10-29(4,27)28)21-17(26)20-12-7-5-11(19)6-8-12/h5-8,13-14H,9-10H2,1-4H3,(H,22,23)(H,24,25)(H2,20,21,26). The number of sulfone groups is 1. The predicted molar refractivity (Wildman–Crippen MR) is 113 cm³/mol. The molecule has 9 nitrogen and oxygen atoms in total. The Morgan fingerprint density at radius 3 is 2.10 bits per heavy atom. The molecule has 0 aromatic heterocycles. The number of carbonyl (C=O) groups excluding carboxylic acids is 2. The molecule has 0 heterocycles. The molecule has 0 bridgehead atoms. The van der Waals surface area contributed by atoms with Gasteiger partial charge in [0.1, 0.15) is 21.9 Å². The highest BCUT2D eigenvalue weighted by molar-refractivity contribution is 9.10. The van der Waals surface area contributed by atoms with E-state index in [1.807, 2.05) is 0 Å². The Morgan fingerprint density at radius 2 is 1.66 bits per heavy atom. The van der Waals surface area contributed by atoms with Crippen LogP contribution in [0.3, 0.4) is 0 Å². The number of nitrogens with one attached hydrogen (secondary N) is 3. The number of amides is 3. The molecule has 0 saturated carbocycles. The molecule has 0 aliphatic rings.